The zero-order valence-corrected chi connectivity index (χ0v) is 19.7. The van der Waals surface area contributed by atoms with Gasteiger partial charge in [0.05, 0.1) is 11.6 Å². The van der Waals surface area contributed by atoms with E-state index in [1.807, 2.05) is 12.4 Å². The summed E-state index contributed by atoms with van der Waals surface area (Å²) in [4.78, 5) is 23.6. The highest BCUT2D eigenvalue weighted by atomic mass is 35.5. The Morgan fingerprint density at radius 2 is 1.83 bits per heavy atom. The van der Waals surface area contributed by atoms with Crippen molar-refractivity contribution in [3.05, 3.63) is 75.4 Å². The van der Waals surface area contributed by atoms with E-state index in [0.717, 1.165) is 12.0 Å². The molecule has 0 spiro atoms. The number of anilines is 1. The number of benzene rings is 1. The number of hydrogen-bond donors (Lipinski definition) is 0. The molecule has 186 valence electrons. The van der Waals surface area contributed by atoms with E-state index in [9.17, 15) is 18.0 Å². The first kappa shape index (κ1) is 24.8. The van der Waals surface area contributed by atoms with Gasteiger partial charge in [-0.25, -0.2) is 9.97 Å². The summed E-state index contributed by atoms with van der Waals surface area (Å²) in [7, 11) is 0. The van der Waals surface area contributed by atoms with Gasteiger partial charge in [-0.2, -0.15) is 0 Å². The van der Waals surface area contributed by atoms with Gasteiger partial charge in [-0.05, 0) is 29.7 Å². The summed E-state index contributed by atoms with van der Waals surface area (Å²) in [6.45, 7) is 3.50. The largest absolute Gasteiger partial charge is 0.573 e. The summed E-state index contributed by atoms with van der Waals surface area (Å²) in [6, 6.07) is 6.75. The molecule has 2 aromatic heterocycles. The van der Waals surface area contributed by atoms with Gasteiger partial charge in [0.25, 0.3) is 5.56 Å². The third-order valence-electron chi connectivity index (χ3n) is 5.65. The molecule has 7 nitrogen and oxygen atoms in total. The summed E-state index contributed by atoms with van der Waals surface area (Å²) >= 11 is 6.37. The van der Waals surface area contributed by atoms with Gasteiger partial charge < -0.3 is 18.9 Å². The SMILES string of the molecule is CCc1cnc(N2CCC(Oc3cc(=O)n(Cc4cccc(OC(F)(F)F)c4)cc3Cl)CC2)nc1. The van der Waals surface area contributed by atoms with Crippen LogP contribution in [0.3, 0.4) is 0 Å². The van der Waals surface area contributed by atoms with Crippen molar-refractivity contribution in [1.29, 1.82) is 0 Å². The molecule has 11 heteroatoms. The Labute approximate surface area is 205 Å². The minimum absolute atomic E-state index is 0.0309. The lowest BCUT2D eigenvalue weighted by Crippen LogP contribution is -2.39. The fourth-order valence-corrected chi connectivity index (χ4v) is 4.04. The molecule has 0 bridgehead atoms. The third kappa shape index (κ3) is 6.66. The number of ether oxygens (including phenoxy) is 2. The van der Waals surface area contributed by atoms with Crippen molar-refractivity contribution >= 4 is 17.5 Å². The van der Waals surface area contributed by atoms with Crippen molar-refractivity contribution in [2.24, 2.45) is 0 Å². The highest BCUT2D eigenvalue weighted by molar-refractivity contribution is 6.31. The van der Waals surface area contributed by atoms with Gasteiger partial charge in [0.15, 0.2) is 0 Å². The van der Waals surface area contributed by atoms with E-state index in [1.54, 1.807) is 6.07 Å². The molecule has 0 atom stereocenters. The Morgan fingerprint density at radius 1 is 1.11 bits per heavy atom. The van der Waals surface area contributed by atoms with Crippen LogP contribution in [0.2, 0.25) is 5.02 Å². The Balaban J connectivity index is 1.38. The van der Waals surface area contributed by atoms with E-state index >= 15 is 0 Å². The molecule has 1 fully saturated rings. The maximum absolute atomic E-state index is 12.6. The minimum Gasteiger partial charge on any atom is -0.488 e. The summed E-state index contributed by atoms with van der Waals surface area (Å²) in [5.74, 6) is 0.613. The van der Waals surface area contributed by atoms with Crippen molar-refractivity contribution in [1.82, 2.24) is 14.5 Å². The molecule has 0 unspecified atom stereocenters. The second-order valence-corrected chi connectivity index (χ2v) is 8.60. The molecule has 1 saturated heterocycles. The van der Waals surface area contributed by atoms with E-state index < -0.39 is 6.36 Å². The van der Waals surface area contributed by atoms with E-state index in [0.29, 0.717) is 37.4 Å². The van der Waals surface area contributed by atoms with Crippen LogP contribution >= 0.6 is 11.6 Å². The number of alkyl halides is 3. The molecule has 1 aromatic carbocycles. The van der Waals surface area contributed by atoms with Crippen molar-refractivity contribution in [2.75, 3.05) is 18.0 Å². The lowest BCUT2D eigenvalue weighted by atomic mass is 10.1. The van der Waals surface area contributed by atoms with Crippen molar-refractivity contribution in [2.45, 2.75) is 45.2 Å². The predicted octanol–water partition coefficient (Wildman–Crippen LogP) is 4.85. The third-order valence-corrected chi connectivity index (χ3v) is 5.93. The number of rotatable bonds is 7. The van der Waals surface area contributed by atoms with Crippen molar-refractivity contribution < 1.29 is 22.6 Å². The molecule has 0 amide bonds. The monoisotopic (exact) mass is 508 g/mol. The Morgan fingerprint density at radius 3 is 2.49 bits per heavy atom. The first-order chi connectivity index (χ1) is 16.7. The molecule has 0 radical (unpaired) electrons. The van der Waals surface area contributed by atoms with Gasteiger partial charge in [0.2, 0.25) is 5.95 Å². The molecule has 3 aromatic rings. The van der Waals surface area contributed by atoms with E-state index in [2.05, 4.69) is 26.5 Å². The molecule has 4 rings (SSSR count). The van der Waals surface area contributed by atoms with Gasteiger partial charge in [-0.1, -0.05) is 30.7 Å². The normalized spacial score (nSPS) is 14.7. The van der Waals surface area contributed by atoms with Crippen LogP contribution in [0.15, 0.2) is 53.7 Å². The standard InChI is InChI=1S/C24H24ClF3N4O3/c1-2-16-12-29-23(30-13-16)31-8-6-18(7-9-31)34-21-11-22(33)32(15-20(21)25)14-17-4-3-5-19(10-17)35-24(26,27)28/h3-5,10-13,15,18H,2,6-9,14H2,1H3. The molecule has 3 heterocycles. The van der Waals surface area contributed by atoms with E-state index in [-0.39, 0.29) is 34.7 Å². The maximum Gasteiger partial charge on any atom is 0.573 e. The summed E-state index contributed by atoms with van der Waals surface area (Å²) < 4.78 is 48.7. The highest BCUT2D eigenvalue weighted by Gasteiger charge is 2.31. The summed E-state index contributed by atoms with van der Waals surface area (Å²) in [5, 5.41) is 0.244. The van der Waals surface area contributed by atoms with Crippen molar-refractivity contribution in [3.8, 4) is 11.5 Å². The van der Waals surface area contributed by atoms with Crippen LogP contribution in [-0.2, 0) is 13.0 Å². The molecule has 35 heavy (non-hydrogen) atoms. The van der Waals surface area contributed by atoms with Crippen LogP contribution in [0.25, 0.3) is 0 Å². The van der Waals surface area contributed by atoms with Crippen LogP contribution in [0.1, 0.15) is 30.9 Å². The van der Waals surface area contributed by atoms with Crippen LogP contribution < -0.4 is 19.9 Å². The first-order valence-corrected chi connectivity index (χ1v) is 11.5. The predicted molar refractivity (Wildman–Crippen MR) is 125 cm³/mol. The number of aryl methyl sites for hydroxylation is 1. The number of aromatic nitrogens is 3. The van der Waals surface area contributed by atoms with Crippen LogP contribution in [-0.4, -0.2) is 40.1 Å². The second kappa shape index (κ2) is 10.6. The molecule has 0 saturated carbocycles. The van der Waals surface area contributed by atoms with Crippen LogP contribution in [0, 0.1) is 0 Å². The van der Waals surface area contributed by atoms with Gasteiger partial charge in [-0.3, -0.25) is 4.79 Å². The fourth-order valence-electron chi connectivity index (χ4n) is 3.83. The minimum atomic E-state index is -4.79. The second-order valence-electron chi connectivity index (χ2n) is 8.20. The summed E-state index contributed by atoms with van der Waals surface area (Å²) in [5.41, 5.74) is 1.16. The fraction of sp³-hybridized carbons (Fsp3) is 0.375. The lowest BCUT2D eigenvalue weighted by Gasteiger charge is -2.32. The maximum atomic E-state index is 12.6. The van der Waals surface area contributed by atoms with E-state index in [4.69, 9.17) is 16.3 Å². The Bertz CT molecular complexity index is 1210. The smallest absolute Gasteiger partial charge is 0.488 e. The number of piperidine rings is 1. The number of pyridine rings is 1. The molecule has 1 aliphatic rings. The van der Waals surface area contributed by atoms with Gasteiger partial charge in [0, 0.05) is 50.6 Å². The average molecular weight is 509 g/mol. The molecule has 0 aliphatic carbocycles. The topological polar surface area (TPSA) is 69.5 Å². The van der Waals surface area contributed by atoms with Crippen LogP contribution in [0.5, 0.6) is 11.5 Å². The van der Waals surface area contributed by atoms with Crippen molar-refractivity contribution in [3.63, 3.8) is 0 Å². The van der Waals surface area contributed by atoms with Gasteiger partial charge in [0.1, 0.15) is 17.6 Å². The number of halogens is 4. The zero-order chi connectivity index (χ0) is 25.0. The first-order valence-electron chi connectivity index (χ1n) is 11.2. The number of hydrogen-bond acceptors (Lipinski definition) is 6. The zero-order valence-electron chi connectivity index (χ0n) is 19.0. The Kier molecular flexibility index (Phi) is 7.49. The lowest BCUT2D eigenvalue weighted by molar-refractivity contribution is -0.274. The molecule has 0 N–H and O–H groups in total. The highest BCUT2D eigenvalue weighted by Crippen LogP contribution is 2.27. The van der Waals surface area contributed by atoms with E-state index in [1.165, 1.54) is 35.0 Å². The van der Waals surface area contributed by atoms with Gasteiger partial charge >= 0.3 is 6.36 Å². The molecular weight excluding hydrogens is 485 g/mol. The summed E-state index contributed by atoms with van der Waals surface area (Å²) in [6.07, 6.45) is 2.49. The Hall–Kier alpha value is -3.27. The average Bonchev–Trinajstić information content (AvgIpc) is 2.82. The van der Waals surface area contributed by atoms with Crippen LogP contribution in [0.4, 0.5) is 19.1 Å². The quantitative estimate of drug-likeness (QED) is 0.454. The molecule has 1 aliphatic heterocycles. The number of nitrogens with zero attached hydrogens (tertiary/aromatic N) is 4. The molecular formula is C24H24ClF3N4O3. The van der Waals surface area contributed by atoms with Gasteiger partial charge in [-0.15, -0.1) is 13.2 Å².